The molecule has 0 aliphatic carbocycles. The average molecular weight is 453 g/mol. The zero-order chi connectivity index (χ0) is 22.5. The molecule has 0 unspecified atom stereocenters. The average Bonchev–Trinajstić information content (AvgIpc) is 2.79. The molecular weight excluding hydrogens is 424 g/mol. The van der Waals surface area contributed by atoms with E-state index >= 15 is 0 Å². The van der Waals surface area contributed by atoms with Gasteiger partial charge >= 0.3 is 0 Å². The molecule has 0 spiro atoms. The first kappa shape index (κ1) is 22.1. The summed E-state index contributed by atoms with van der Waals surface area (Å²) in [5.41, 5.74) is 2.40. The summed E-state index contributed by atoms with van der Waals surface area (Å²) in [5, 5.41) is 4.86. The molecule has 2 N–H and O–H groups in total. The number of hydrogen-bond donors (Lipinski definition) is 2. The SMILES string of the molecule is CN(C)CCN(Cc1cc2cc3c(cc2[nH]c1=O)OCCO3)C(=S)NCc1ccccc1. The van der Waals surface area contributed by atoms with Crippen molar-refractivity contribution < 1.29 is 9.47 Å². The number of hydrogen-bond acceptors (Lipinski definition) is 5. The summed E-state index contributed by atoms with van der Waals surface area (Å²) in [7, 11) is 4.04. The van der Waals surface area contributed by atoms with Crippen LogP contribution < -0.4 is 20.3 Å². The summed E-state index contributed by atoms with van der Waals surface area (Å²) in [6.45, 7) is 3.59. The van der Waals surface area contributed by atoms with Crippen LogP contribution in [-0.2, 0) is 13.1 Å². The smallest absolute Gasteiger partial charge is 0.253 e. The molecule has 4 rings (SSSR count). The number of likely N-dealkylation sites (N-methyl/N-ethyl adjacent to an activating group) is 1. The topological polar surface area (TPSA) is 69.8 Å². The molecule has 168 valence electrons. The van der Waals surface area contributed by atoms with Gasteiger partial charge in [-0.2, -0.15) is 0 Å². The highest BCUT2D eigenvalue weighted by molar-refractivity contribution is 7.80. The first-order chi connectivity index (χ1) is 15.5. The number of nitrogens with zero attached hydrogens (tertiary/aromatic N) is 2. The van der Waals surface area contributed by atoms with Crippen molar-refractivity contribution in [3.63, 3.8) is 0 Å². The molecule has 0 saturated heterocycles. The van der Waals surface area contributed by atoms with Crippen molar-refractivity contribution in [2.75, 3.05) is 40.4 Å². The van der Waals surface area contributed by atoms with Crippen LogP contribution in [0.2, 0.25) is 0 Å². The minimum Gasteiger partial charge on any atom is -0.486 e. The van der Waals surface area contributed by atoms with Crippen LogP contribution in [-0.4, -0.2) is 60.3 Å². The number of nitrogens with one attached hydrogen (secondary N) is 2. The lowest BCUT2D eigenvalue weighted by Crippen LogP contribution is -2.43. The molecule has 1 aliphatic heterocycles. The van der Waals surface area contributed by atoms with Crippen LogP contribution in [0.4, 0.5) is 0 Å². The maximum Gasteiger partial charge on any atom is 0.253 e. The number of H-pyrrole nitrogens is 1. The Morgan fingerprint density at radius 3 is 2.50 bits per heavy atom. The van der Waals surface area contributed by atoms with Crippen molar-refractivity contribution >= 4 is 28.2 Å². The Hall–Kier alpha value is -3.10. The molecule has 2 heterocycles. The Labute approximate surface area is 192 Å². The van der Waals surface area contributed by atoms with Crippen molar-refractivity contribution in [2.45, 2.75) is 13.1 Å². The highest BCUT2D eigenvalue weighted by atomic mass is 32.1. The van der Waals surface area contributed by atoms with Crippen LogP contribution >= 0.6 is 12.2 Å². The molecular formula is C24H28N4O3S. The Bertz CT molecular complexity index is 1150. The van der Waals surface area contributed by atoms with Crippen molar-refractivity contribution in [2.24, 2.45) is 0 Å². The van der Waals surface area contributed by atoms with Gasteiger partial charge in [-0.15, -0.1) is 0 Å². The van der Waals surface area contributed by atoms with Gasteiger partial charge < -0.3 is 29.6 Å². The maximum absolute atomic E-state index is 12.8. The second-order valence-corrected chi connectivity index (χ2v) is 8.46. The number of thiocarbonyl (C=S) groups is 1. The summed E-state index contributed by atoms with van der Waals surface area (Å²) in [6, 6.07) is 15.8. The molecule has 1 aromatic heterocycles. The predicted molar refractivity (Wildman–Crippen MR) is 130 cm³/mol. The molecule has 7 nitrogen and oxygen atoms in total. The first-order valence-corrected chi connectivity index (χ1v) is 11.1. The molecule has 1 aliphatic rings. The van der Waals surface area contributed by atoms with Gasteiger partial charge in [0.2, 0.25) is 0 Å². The molecule has 0 saturated carbocycles. The number of ether oxygens (including phenoxy) is 2. The lowest BCUT2D eigenvalue weighted by Gasteiger charge is -2.27. The predicted octanol–water partition coefficient (Wildman–Crippen LogP) is 2.74. The largest absolute Gasteiger partial charge is 0.486 e. The van der Waals surface area contributed by atoms with Crippen LogP contribution in [0.1, 0.15) is 11.1 Å². The lowest BCUT2D eigenvalue weighted by atomic mass is 10.1. The van der Waals surface area contributed by atoms with Gasteiger partial charge in [0.25, 0.3) is 5.56 Å². The highest BCUT2D eigenvalue weighted by Crippen LogP contribution is 2.33. The fraction of sp³-hybridized carbons (Fsp3) is 0.333. The van der Waals surface area contributed by atoms with E-state index in [1.165, 1.54) is 0 Å². The van der Waals surface area contributed by atoms with E-state index < -0.39 is 0 Å². The van der Waals surface area contributed by atoms with E-state index in [9.17, 15) is 4.79 Å². The molecule has 0 fully saturated rings. The fourth-order valence-corrected chi connectivity index (χ4v) is 3.80. The third kappa shape index (κ3) is 5.38. The summed E-state index contributed by atoms with van der Waals surface area (Å²) in [4.78, 5) is 20.0. The monoisotopic (exact) mass is 452 g/mol. The van der Waals surface area contributed by atoms with Crippen molar-refractivity contribution in [3.8, 4) is 11.5 Å². The molecule has 0 bridgehead atoms. The van der Waals surface area contributed by atoms with E-state index in [0.29, 0.717) is 55.0 Å². The molecule has 8 heteroatoms. The van der Waals surface area contributed by atoms with E-state index in [2.05, 4.69) is 27.3 Å². The maximum atomic E-state index is 12.8. The third-order valence-corrected chi connectivity index (χ3v) is 5.74. The Morgan fingerprint density at radius 1 is 1.06 bits per heavy atom. The molecule has 3 aromatic rings. The van der Waals surface area contributed by atoms with Crippen LogP contribution in [0.5, 0.6) is 11.5 Å². The van der Waals surface area contributed by atoms with Gasteiger partial charge in [0, 0.05) is 36.7 Å². The van der Waals surface area contributed by atoms with Crippen LogP contribution in [0.3, 0.4) is 0 Å². The van der Waals surface area contributed by atoms with Crippen LogP contribution in [0, 0.1) is 0 Å². The van der Waals surface area contributed by atoms with E-state index in [0.717, 1.165) is 23.0 Å². The number of benzene rings is 2. The normalized spacial score (nSPS) is 12.7. The second-order valence-electron chi connectivity index (χ2n) is 8.08. The minimum absolute atomic E-state index is 0.130. The van der Waals surface area contributed by atoms with E-state index in [-0.39, 0.29) is 5.56 Å². The van der Waals surface area contributed by atoms with Gasteiger partial charge in [-0.25, -0.2) is 0 Å². The van der Waals surface area contributed by atoms with Crippen LogP contribution in [0.15, 0.2) is 53.3 Å². The van der Waals surface area contributed by atoms with E-state index in [1.807, 2.05) is 55.4 Å². The van der Waals surface area contributed by atoms with Gasteiger partial charge in [-0.1, -0.05) is 30.3 Å². The first-order valence-electron chi connectivity index (χ1n) is 10.7. The summed E-state index contributed by atoms with van der Waals surface area (Å²) >= 11 is 5.69. The minimum atomic E-state index is -0.130. The van der Waals surface area contributed by atoms with Crippen LogP contribution in [0.25, 0.3) is 10.9 Å². The standard InChI is InChI=1S/C24H28N4O3S/c1-27(2)8-9-28(24(32)25-15-17-6-4-3-5-7-17)16-19-12-18-13-21-22(31-11-10-30-21)14-20(18)26-23(19)29/h3-7,12-14H,8-11,15-16H2,1-2H3,(H,25,32)(H,26,29). The molecule has 32 heavy (non-hydrogen) atoms. The van der Waals surface area contributed by atoms with E-state index in [4.69, 9.17) is 21.7 Å². The fourth-order valence-electron chi connectivity index (χ4n) is 3.57. The van der Waals surface area contributed by atoms with Gasteiger partial charge in [0.05, 0.1) is 12.1 Å². The Kier molecular flexibility index (Phi) is 6.92. The third-order valence-electron chi connectivity index (χ3n) is 5.34. The van der Waals surface area contributed by atoms with Gasteiger partial charge in [0.15, 0.2) is 16.6 Å². The van der Waals surface area contributed by atoms with Crippen molar-refractivity contribution in [1.82, 2.24) is 20.1 Å². The summed E-state index contributed by atoms with van der Waals surface area (Å²) in [5.74, 6) is 1.36. The molecule has 0 amide bonds. The summed E-state index contributed by atoms with van der Waals surface area (Å²) in [6.07, 6.45) is 0. The summed E-state index contributed by atoms with van der Waals surface area (Å²) < 4.78 is 11.3. The van der Waals surface area contributed by atoms with Crippen molar-refractivity contribution in [1.29, 1.82) is 0 Å². The Balaban J connectivity index is 1.55. The van der Waals surface area contributed by atoms with Gasteiger partial charge in [-0.05, 0) is 44.0 Å². The van der Waals surface area contributed by atoms with Gasteiger partial charge in [0.1, 0.15) is 13.2 Å². The number of rotatable bonds is 7. The van der Waals surface area contributed by atoms with E-state index in [1.54, 1.807) is 0 Å². The zero-order valence-electron chi connectivity index (χ0n) is 18.4. The quantitative estimate of drug-likeness (QED) is 0.534. The number of aromatic nitrogens is 1. The molecule has 0 radical (unpaired) electrons. The lowest BCUT2D eigenvalue weighted by molar-refractivity contribution is 0.172. The van der Waals surface area contributed by atoms with Crippen molar-refractivity contribution in [3.05, 3.63) is 70.0 Å². The Morgan fingerprint density at radius 2 is 1.78 bits per heavy atom. The highest BCUT2D eigenvalue weighted by Gasteiger charge is 2.17. The molecule has 0 atom stereocenters. The second kappa shape index (κ2) is 10.0. The molecule has 2 aromatic carbocycles. The number of pyridine rings is 1. The number of aromatic amines is 1. The van der Waals surface area contributed by atoms with Gasteiger partial charge in [-0.3, -0.25) is 4.79 Å². The number of fused-ring (bicyclic) bond motifs is 2. The zero-order valence-corrected chi connectivity index (χ0v) is 19.2.